The third kappa shape index (κ3) is 9.83. The van der Waals surface area contributed by atoms with E-state index in [0.717, 1.165) is 0 Å². The van der Waals surface area contributed by atoms with Crippen LogP contribution in [0.2, 0.25) is 0 Å². The van der Waals surface area contributed by atoms with Crippen LogP contribution in [0.15, 0.2) is 4.99 Å². The topological polar surface area (TPSA) is 364 Å². The van der Waals surface area contributed by atoms with Gasteiger partial charge in [-0.1, -0.05) is 0 Å². The molecule has 0 unspecified atom stereocenters. The Bertz CT molecular complexity index is 816. The van der Waals surface area contributed by atoms with Gasteiger partial charge in [0.25, 0.3) is 0 Å². The van der Waals surface area contributed by atoms with Crippen molar-refractivity contribution < 1.29 is 86.4 Å². The maximum Gasteiger partial charge on any atom is 0.469 e. The molecule has 0 aromatic heterocycles. The zero-order valence-corrected chi connectivity index (χ0v) is 19.9. The molecule has 0 aliphatic heterocycles. The molecule has 0 saturated carbocycles. The Morgan fingerprint density at radius 1 is 0.677 bits per heavy atom. The standard InChI is InChI=1S/C5H18N2O18P6/c8-26(9,10)3(27(11,12)13)6-1-2-7(4(28(14,15)16)29(17,18)19)5(30(20,21)22)31(23,24)25/h4-5,8-10H,1-2H2,(H9-,11,12,13,14,15,16,17,18,19,20,21,22,23,24,25)/p+1. The van der Waals surface area contributed by atoms with E-state index in [1.807, 2.05) is 0 Å². The lowest BCUT2D eigenvalue weighted by Crippen LogP contribution is -2.44. The molecule has 26 heteroatoms. The third-order valence-electron chi connectivity index (χ3n) is 2.94. The lowest BCUT2D eigenvalue weighted by atomic mass is 10.6. The molecule has 0 aromatic rings. The highest BCUT2D eigenvalue weighted by molar-refractivity contribution is 8.00. The molecule has 0 aliphatic carbocycles. The van der Waals surface area contributed by atoms with Crippen molar-refractivity contribution in [3.8, 4) is 0 Å². The van der Waals surface area contributed by atoms with Gasteiger partial charge in [-0.05, 0) is 0 Å². The Balaban J connectivity index is 6.74. The fourth-order valence-electron chi connectivity index (χ4n) is 2.14. The minimum atomic E-state index is -6.14. The molecule has 0 saturated heterocycles. The fourth-order valence-corrected chi connectivity index (χ4v) is 10.2. The second-order valence-electron chi connectivity index (χ2n) is 5.58. The Labute approximate surface area is 172 Å². The van der Waals surface area contributed by atoms with E-state index >= 15 is 0 Å². The lowest BCUT2D eigenvalue weighted by Gasteiger charge is -2.37. The molecule has 0 amide bonds. The highest BCUT2D eigenvalue weighted by Gasteiger charge is 2.58. The maximum atomic E-state index is 11.6. The van der Waals surface area contributed by atoms with Crippen molar-refractivity contribution in [2.45, 2.75) is 11.0 Å². The van der Waals surface area contributed by atoms with E-state index in [0.29, 0.717) is 0 Å². The number of aliphatic imine (C=N–C) groups is 1. The average molecular weight is 581 g/mol. The maximum absolute atomic E-state index is 11.6. The minimum Gasteiger partial charge on any atom is -0.323 e. The molecule has 0 radical (unpaired) electrons. The summed E-state index contributed by atoms with van der Waals surface area (Å²) >= 11 is 0. The van der Waals surface area contributed by atoms with Gasteiger partial charge in [0.05, 0.1) is 6.54 Å². The van der Waals surface area contributed by atoms with Gasteiger partial charge in [-0.25, -0.2) is 9.56 Å². The van der Waals surface area contributed by atoms with E-state index in [4.69, 9.17) is 24.5 Å². The van der Waals surface area contributed by atoms with Crippen LogP contribution in [0.5, 0.6) is 0 Å². The summed E-state index contributed by atoms with van der Waals surface area (Å²) in [6.07, 6.45) is 0. The van der Waals surface area contributed by atoms with Crippen molar-refractivity contribution >= 4 is 51.1 Å². The molecule has 0 aromatic carbocycles. The average Bonchev–Trinajstić information content (AvgIpc) is 2.33. The van der Waals surface area contributed by atoms with Crippen LogP contribution >= 0.6 is 45.9 Å². The lowest BCUT2D eigenvalue weighted by molar-refractivity contribution is 0.204. The van der Waals surface area contributed by atoms with Crippen LogP contribution in [-0.2, 0) is 22.8 Å². The van der Waals surface area contributed by atoms with Crippen molar-refractivity contribution in [3.05, 3.63) is 0 Å². The molecule has 0 bridgehead atoms. The summed E-state index contributed by atoms with van der Waals surface area (Å²) in [5.41, 5.74) is -7.15. The van der Waals surface area contributed by atoms with Gasteiger partial charge in [-0.3, -0.25) is 23.2 Å². The van der Waals surface area contributed by atoms with Gasteiger partial charge in [-0.15, -0.1) is 0 Å². The highest BCUT2D eigenvalue weighted by atomic mass is 31.3. The number of hydrogen-bond donors (Lipinski definition) is 13. The Morgan fingerprint density at radius 2 is 0.968 bits per heavy atom. The zero-order valence-electron chi connectivity index (χ0n) is 14.5. The van der Waals surface area contributed by atoms with Crippen molar-refractivity contribution in [2.75, 3.05) is 13.1 Å². The molecular formula is C5H19N2O18P6+. The van der Waals surface area contributed by atoms with Crippen LogP contribution in [0.4, 0.5) is 0 Å². The van der Waals surface area contributed by atoms with Gasteiger partial charge >= 0.3 is 51.1 Å². The molecule has 0 spiro atoms. The van der Waals surface area contributed by atoms with Crippen molar-refractivity contribution in [1.82, 2.24) is 4.90 Å². The third-order valence-corrected chi connectivity index (χ3v) is 13.1. The van der Waals surface area contributed by atoms with E-state index in [1.54, 1.807) is 0 Å². The van der Waals surface area contributed by atoms with Gasteiger partial charge in [-0.2, -0.15) is 14.7 Å². The van der Waals surface area contributed by atoms with Crippen LogP contribution in [0.3, 0.4) is 0 Å². The Hall–Kier alpha value is 0.690. The first-order chi connectivity index (χ1) is 13.2. The molecule has 186 valence electrons. The van der Waals surface area contributed by atoms with Gasteiger partial charge in [0.1, 0.15) is 0 Å². The van der Waals surface area contributed by atoms with Crippen molar-refractivity contribution in [1.29, 1.82) is 0 Å². The van der Waals surface area contributed by atoms with E-state index in [-0.39, 0.29) is 0 Å². The smallest absolute Gasteiger partial charge is 0.323 e. The van der Waals surface area contributed by atoms with Gasteiger partial charge in [0, 0.05) is 6.54 Å². The molecule has 13 N–H and O–H groups in total. The molecule has 31 heavy (non-hydrogen) atoms. The van der Waals surface area contributed by atoms with Crippen molar-refractivity contribution in [3.63, 3.8) is 0 Å². The second-order valence-corrected chi connectivity index (χ2v) is 16.5. The first-order valence-electron chi connectivity index (χ1n) is 6.87. The molecule has 0 rings (SSSR count). The molecule has 0 heterocycles. The van der Waals surface area contributed by atoms with Crippen LogP contribution in [-0.4, -0.2) is 97.8 Å². The number of hydrogen-bond acceptors (Lipinski definition) is 10. The van der Waals surface area contributed by atoms with Crippen molar-refractivity contribution in [2.24, 2.45) is 4.99 Å². The molecule has 0 aliphatic rings. The number of nitrogens with zero attached hydrogens (tertiary/aromatic N) is 2. The molecular weight excluding hydrogens is 562 g/mol. The highest BCUT2D eigenvalue weighted by Crippen LogP contribution is 2.68. The SMILES string of the molecule is O=P(O)(O)C(=NCCN(C(P(=O)(O)O)P(=O)(O)O)C(P(=O)(O)O)P(=O)(O)O)[P+](O)(O)O. The second kappa shape index (κ2) is 10.1. The Morgan fingerprint density at radius 3 is 1.16 bits per heavy atom. The summed E-state index contributed by atoms with van der Waals surface area (Å²) in [7, 11) is -35.8. The van der Waals surface area contributed by atoms with E-state index in [2.05, 4.69) is 4.99 Å². The summed E-state index contributed by atoms with van der Waals surface area (Å²) in [6, 6.07) is 0. The van der Waals surface area contributed by atoms with Gasteiger partial charge < -0.3 is 48.9 Å². The summed E-state index contributed by atoms with van der Waals surface area (Å²) in [5, 5.41) is -2.01. The van der Waals surface area contributed by atoms with Crippen LogP contribution in [0.25, 0.3) is 0 Å². The van der Waals surface area contributed by atoms with E-state index in [1.165, 1.54) is 0 Å². The molecule has 0 fully saturated rings. The summed E-state index contributed by atoms with van der Waals surface area (Å²) in [4.78, 5) is 121. The predicted octanol–water partition coefficient (Wildman–Crippen LogP) is -3.16. The molecule has 0 atom stereocenters. The first-order valence-corrected chi connectivity index (χ1v) is 16.9. The summed E-state index contributed by atoms with van der Waals surface area (Å²) in [6.45, 7) is -3.10. The largest absolute Gasteiger partial charge is 0.469 e. The normalized spacial score (nSPS) is 15.9. The quantitative estimate of drug-likeness (QED) is 0.0845. The molecule has 20 nitrogen and oxygen atoms in total. The van der Waals surface area contributed by atoms with Gasteiger partial charge in [0.2, 0.25) is 11.0 Å². The summed E-state index contributed by atoms with van der Waals surface area (Å²) in [5.74, 6) is 0. The predicted molar refractivity (Wildman–Crippen MR) is 100 cm³/mol. The van der Waals surface area contributed by atoms with Crippen LogP contribution in [0, 0.1) is 0 Å². The summed E-state index contributed by atoms with van der Waals surface area (Å²) < 4.78 is 57.5. The zero-order chi connectivity index (χ0) is 25.4. The van der Waals surface area contributed by atoms with Crippen LogP contribution < -0.4 is 0 Å². The minimum absolute atomic E-state index is 0.698. The fraction of sp³-hybridized carbons (Fsp3) is 0.800. The monoisotopic (exact) mass is 581 g/mol. The van der Waals surface area contributed by atoms with E-state index in [9.17, 15) is 62.0 Å². The first kappa shape index (κ1) is 31.7. The van der Waals surface area contributed by atoms with Crippen LogP contribution in [0.1, 0.15) is 0 Å². The van der Waals surface area contributed by atoms with E-state index < -0.39 is 80.2 Å². The van der Waals surface area contributed by atoms with Gasteiger partial charge in [0.15, 0.2) is 0 Å². The number of rotatable bonds is 11. The Kier molecular flexibility index (Phi) is 10.4.